The van der Waals surface area contributed by atoms with Gasteiger partial charge >= 0.3 is 0 Å². The molecule has 210 valence electrons. The predicted molar refractivity (Wildman–Crippen MR) is 153 cm³/mol. The number of hydrogen-bond donors (Lipinski definition) is 3. The van der Waals surface area contributed by atoms with Crippen LogP contribution in [-0.4, -0.2) is 49.8 Å². The molecule has 0 heterocycles. The molecule has 1 aliphatic carbocycles. The number of methoxy groups -OCH3 is 1. The van der Waals surface area contributed by atoms with E-state index in [2.05, 4.69) is 36.5 Å². The molecule has 3 N–H and O–H groups in total. The molecule has 7 nitrogen and oxygen atoms in total. The Morgan fingerprint density at radius 3 is 2.05 bits per heavy atom. The van der Waals surface area contributed by atoms with Crippen molar-refractivity contribution < 1.29 is 29.3 Å². The summed E-state index contributed by atoms with van der Waals surface area (Å²) in [4.78, 5) is 16.4. The molecular formula is C30H49NO6. The van der Waals surface area contributed by atoms with Crippen molar-refractivity contribution in [1.82, 2.24) is 0 Å². The van der Waals surface area contributed by atoms with E-state index in [9.17, 15) is 0 Å². The van der Waals surface area contributed by atoms with Crippen molar-refractivity contribution in [2.24, 2.45) is 5.92 Å². The fourth-order valence-corrected chi connectivity index (χ4v) is 3.87. The van der Waals surface area contributed by atoms with Crippen LogP contribution in [0, 0.1) is 5.92 Å². The third kappa shape index (κ3) is 15.6. The van der Waals surface area contributed by atoms with Crippen molar-refractivity contribution in [3.8, 4) is 11.5 Å². The van der Waals surface area contributed by atoms with E-state index in [1.54, 1.807) is 7.11 Å². The Labute approximate surface area is 224 Å². The van der Waals surface area contributed by atoms with Crippen molar-refractivity contribution in [1.29, 1.82) is 0 Å². The average molecular weight is 520 g/mol. The number of benzene rings is 2. The lowest BCUT2D eigenvalue weighted by Gasteiger charge is -2.28. The topological polar surface area (TPSA) is 105 Å². The molecule has 2 aromatic rings. The maximum absolute atomic E-state index is 9.10. The van der Waals surface area contributed by atoms with Gasteiger partial charge in [0, 0.05) is 30.8 Å². The highest BCUT2D eigenvalue weighted by Crippen LogP contribution is 2.32. The largest absolute Gasteiger partial charge is 0.493 e. The molecule has 1 saturated carbocycles. The molecule has 0 aromatic heterocycles. The molecule has 37 heavy (non-hydrogen) atoms. The molecule has 3 rings (SSSR count). The number of nitrogens with one attached hydrogen (secondary N) is 1. The first-order valence-corrected chi connectivity index (χ1v) is 13.2. The number of rotatable bonds is 9. The van der Waals surface area contributed by atoms with Gasteiger partial charge in [0.15, 0.2) is 11.5 Å². The van der Waals surface area contributed by atoms with Crippen LogP contribution in [0.1, 0.15) is 71.4 Å². The van der Waals surface area contributed by atoms with Gasteiger partial charge in [0.1, 0.15) is 6.79 Å². The zero-order valence-electron chi connectivity index (χ0n) is 23.7. The molecule has 1 aliphatic rings. The number of carbonyl (C=O) groups is 2. The summed E-state index contributed by atoms with van der Waals surface area (Å²) in [6.45, 7) is 12.9. The summed E-state index contributed by atoms with van der Waals surface area (Å²) in [5, 5.41) is 19.7. The maximum Gasteiger partial charge on any atom is 0.290 e. The van der Waals surface area contributed by atoms with Gasteiger partial charge in [-0.05, 0) is 61.3 Å². The Balaban J connectivity index is 0. The second-order valence-corrected chi connectivity index (χ2v) is 7.96. The summed E-state index contributed by atoms with van der Waals surface area (Å²) in [6.07, 6.45) is 6.57. The third-order valence-corrected chi connectivity index (χ3v) is 5.59. The number of carbonyl (C=O) groups excluding carboxylic acids is 1. The van der Waals surface area contributed by atoms with E-state index >= 15 is 0 Å². The number of anilines is 1. The van der Waals surface area contributed by atoms with Gasteiger partial charge in [-0.3, -0.25) is 4.79 Å². The van der Waals surface area contributed by atoms with Crippen LogP contribution < -0.4 is 14.8 Å². The van der Waals surface area contributed by atoms with Crippen LogP contribution in [-0.2, 0) is 22.4 Å². The molecule has 1 fully saturated rings. The minimum atomic E-state index is -0.250. The highest BCUT2D eigenvalue weighted by molar-refractivity contribution is 5.55. The van der Waals surface area contributed by atoms with Crippen LogP contribution in [0.2, 0.25) is 0 Å². The molecule has 0 atom stereocenters. The Kier molecular flexibility index (Phi) is 24.0. The first kappa shape index (κ1) is 36.1. The van der Waals surface area contributed by atoms with Gasteiger partial charge in [-0.1, -0.05) is 58.9 Å². The fourth-order valence-electron chi connectivity index (χ4n) is 3.87. The number of aliphatic hydroxyl groups excluding tert-OH is 1. The van der Waals surface area contributed by atoms with Crippen LogP contribution in [0.4, 0.5) is 5.69 Å². The standard InChI is InChI=1S/C24H33NO3.2C2H6.CH2O2.CH2O/c1-18-6-8-21(9-7-18)25-22-10-11-23(27-2)24(17-22)28-15-13-20-5-3-4-19(16-20)12-14-26;2*1-2;2-1-3;1-2/h3-5,10-11,16-18,21,25-26H,6-9,12-15H2,1-2H3;2*1-2H3;1H,(H,2,3);1H2. The monoisotopic (exact) mass is 519 g/mol. The SMILES string of the molecule is C=O.CC.CC.COc1ccc(NC2CCC(C)CC2)cc1OCCc1cccc(CCO)c1.O=CO. The average Bonchev–Trinajstić information content (AvgIpc) is 2.94. The van der Waals surface area contributed by atoms with E-state index in [0.29, 0.717) is 19.1 Å². The smallest absolute Gasteiger partial charge is 0.290 e. The quantitative estimate of drug-likeness (QED) is 0.329. The normalized spacial score (nSPS) is 15.3. The van der Waals surface area contributed by atoms with E-state index in [-0.39, 0.29) is 13.1 Å². The summed E-state index contributed by atoms with van der Waals surface area (Å²) in [5.74, 6) is 2.39. The molecule has 0 aliphatic heterocycles. The van der Waals surface area contributed by atoms with Gasteiger partial charge in [-0.25, -0.2) is 0 Å². The molecule has 2 aromatic carbocycles. The lowest BCUT2D eigenvalue weighted by molar-refractivity contribution is -0.122. The zero-order valence-corrected chi connectivity index (χ0v) is 23.7. The molecule has 0 saturated heterocycles. The first-order valence-electron chi connectivity index (χ1n) is 13.2. The van der Waals surface area contributed by atoms with E-state index in [0.717, 1.165) is 35.1 Å². The Bertz CT molecular complexity index is 806. The number of carboxylic acid groups (broad SMARTS) is 1. The van der Waals surface area contributed by atoms with Crippen LogP contribution in [0.25, 0.3) is 0 Å². The highest BCUT2D eigenvalue weighted by atomic mass is 16.5. The fraction of sp³-hybridized carbons (Fsp3) is 0.533. The maximum atomic E-state index is 9.10. The zero-order chi connectivity index (χ0) is 28.5. The minimum absolute atomic E-state index is 0.177. The number of aliphatic hydroxyl groups is 1. The summed E-state index contributed by atoms with van der Waals surface area (Å²) in [7, 11) is 1.68. The van der Waals surface area contributed by atoms with Crippen molar-refractivity contribution >= 4 is 18.9 Å². The van der Waals surface area contributed by atoms with Gasteiger partial charge in [0.05, 0.1) is 13.7 Å². The van der Waals surface area contributed by atoms with E-state index in [4.69, 9.17) is 29.3 Å². The van der Waals surface area contributed by atoms with Crippen molar-refractivity contribution in [2.45, 2.75) is 79.2 Å². The lowest BCUT2D eigenvalue weighted by atomic mass is 9.87. The van der Waals surface area contributed by atoms with Crippen molar-refractivity contribution in [3.05, 3.63) is 53.6 Å². The van der Waals surface area contributed by atoms with E-state index in [1.807, 2.05) is 52.7 Å². The van der Waals surface area contributed by atoms with Crippen molar-refractivity contribution in [2.75, 3.05) is 25.6 Å². The first-order chi connectivity index (χ1) is 18.1. The summed E-state index contributed by atoms with van der Waals surface area (Å²) < 4.78 is 11.5. The van der Waals surface area contributed by atoms with Gasteiger partial charge in [0.25, 0.3) is 6.47 Å². The van der Waals surface area contributed by atoms with E-state index < -0.39 is 0 Å². The lowest BCUT2D eigenvalue weighted by Crippen LogP contribution is -2.25. The van der Waals surface area contributed by atoms with Crippen LogP contribution in [0.15, 0.2) is 42.5 Å². The summed E-state index contributed by atoms with van der Waals surface area (Å²) in [6, 6.07) is 15.0. The minimum Gasteiger partial charge on any atom is -0.493 e. The van der Waals surface area contributed by atoms with Gasteiger partial charge in [0.2, 0.25) is 0 Å². The van der Waals surface area contributed by atoms with Gasteiger partial charge in [-0.15, -0.1) is 0 Å². The van der Waals surface area contributed by atoms with Gasteiger partial charge in [-0.2, -0.15) is 0 Å². The predicted octanol–water partition coefficient (Wildman–Crippen LogP) is 6.41. The van der Waals surface area contributed by atoms with Crippen molar-refractivity contribution in [3.63, 3.8) is 0 Å². The van der Waals surface area contributed by atoms with E-state index in [1.165, 1.54) is 31.2 Å². The summed E-state index contributed by atoms with van der Waals surface area (Å²) >= 11 is 0. The second kappa shape index (κ2) is 24.6. The molecule has 7 heteroatoms. The molecule has 0 amide bonds. The Hall–Kier alpha value is -3.06. The van der Waals surface area contributed by atoms with Crippen LogP contribution >= 0.6 is 0 Å². The number of ether oxygens (including phenoxy) is 2. The summed E-state index contributed by atoms with van der Waals surface area (Å²) in [5.41, 5.74) is 3.47. The van der Waals surface area contributed by atoms with Crippen LogP contribution in [0.5, 0.6) is 11.5 Å². The Morgan fingerprint density at radius 2 is 1.51 bits per heavy atom. The third-order valence-electron chi connectivity index (χ3n) is 5.59. The second-order valence-electron chi connectivity index (χ2n) is 7.96. The molecule has 0 unspecified atom stereocenters. The van der Waals surface area contributed by atoms with Crippen LogP contribution in [0.3, 0.4) is 0 Å². The Morgan fingerprint density at radius 1 is 0.946 bits per heavy atom. The molecule has 0 radical (unpaired) electrons. The highest BCUT2D eigenvalue weighted by Gasteiger charge is 2.18. The molecule has 0 bridgehead atoms. The molecule has 0 spiro atoms. The number of hydrogen-bond acceptors (Lipinski definition) is 6. The molecular weight excluding hydrogens is 470 g/mol. The van der Waals surface area contributed by atoms with Gasteiger partial charge < -0.3 is 29.8 Å².